The average Bonchev–Trinajstić information content (AvgIpc) is 3.41. The second-order valence-corrected chi connectivity index (χ2v) is 11.2. The number of esters is 1. The van der Waals surface area contributed by atoms with Crippen LogP contribution in [0.1, 0.15) is 50.2 Å². The molecule has 5 heteroatoms. The zero-order valence-electron chi connectivity index (χ0n) is 20.0. The second-order valence-electron chi connectivity index (χ2n) is 9.19. The first-order chi connectivity index (χ1) is 16.0. The van der Waals surface area contributed by atoms with E-state index < -0.39 is 0 Å². The number of benzene rings is 3. The number of fused-ring (bicyclic) bond motifs is 3. The Hall–Kier alpha value is -2.37. The SMILES string of the molecule is CCC1(OC(=O)COc2c(C)cc(-[s+]3c4ccccc4c4ccccc43)cc2C)CCCC1.[Br-]. The maximum absolute atomic E-state index is 12.6. The van der Waals surface area contributed by atoms with Crippen LogP contribution in [0, 0.1) is 13.8 Å². The molecule has 0 bridgehead atoms. The molecular weight excluding hydrogens is 508 g/mol. The minimum atomic E-state index is -0.279. The van der Waals surface area contributed by atoms with Crippen LogP contribution < -0.4 is 21.7 Å². The molecule has 178 valence electrons. The van der Waals surface area contributed by atoms with Crippen molar-refractivity contribution in [3.8, 4) is 10.6 Å². The van der Waals surface area contributed by atoms with Gasteiger partial charge in [0.2, 0.25) is 0 Å². The number of thiophene rings is 1. The summed E-state index contributed by atoms with van der Waals surface area (Å²) in [6, 6.07) is 21.9. The molecule has 0 aliphatic heterocycles. The van der Waals surface area contributed by atoms with Gasteiger partial charge >= 0.3 is 5.97 Å². The predicted octanol–water partition coefficient (Wildman–Crippen LogP) is 5.00. The van der Waals surface area contributed by atoms with Gasteiger partial charge in [-0.3, -0.25) is 0 Å². The summed E-state index contributed by atoms with van der Waals surface area (Å²) in [6.45, 7) is 6.20. The summed E-state index contributed by atoms with van der Waals surface area (Å²) in [5.74, 6) is 0.527. The van der Waals surface area contributed by atoms with E-state index >= 15 is 0 Å². The highest BCUT2D eigenvalue weighted by atomic mass is 79.9. The molecule has 0 atom stereocenters. The standard InChI is InChI=1S/C29H31O3S.BrH/c1-4-29(15-9-10-16-29)32-27(30)19-31-28-20(2)17-22(18-21(28)3)33-25-13-7-5-11-23(25)24-12-6-8-14-26(24)33;/h5-8,11-14,17-18H,4,9-10,15-16,19H2,1-3H3;1H/q+1;/p-1. The monoisotopic (exact) mass is 538 g/mol. The topological polar surface area (TPSA) is 35.5 Å². The Morgan fingerprint density at radius 2 is 1.44 bits per heavy atom. The van der Waals surface area contributed by atoms with Crippen LogP contribution in [0.25, 0.3) is 25.1 Å². The van der Waals surface area contributed by atoms with E-state index in [-0.39, 0.29) is 45.6 Å². The van der Waals surface area contributed by atoms with Gasteiger partial charge in [-0.25, -0.2) is 4.79 Å². The molecule has 5 rings (SSSR count). The molecule has 1 fully saturated rings. The van der Waals surface area contributed by atoms with Gasteiger partial charge in [-0.2, -0.15) is 0 Å². The number of hydrogen-bond donors (Lipinski definition) is 0. The maximum atomic E-state index is 12.6. The summed E-state index contributed by atoms with van der Waals surface area (Å²) in [5.41, 5.74) is 1.83. The van der Waals surface area contributed by atoms with Crippen molar-refractivity contribution < 1.29 is 31.2 Å². The van der Waals surface area contributed by atoms with Crippen molar-refractivity contribution in [2.45, 2.75) is 58.5 Å². The predicted molar refractivity (Wildman–Crippen MR) is 138 cm³/mol. The van der Waals surface area contributed by atoms with Gasteiger partial charge in [-0.15, -0.1) is 0 Å². The van der Waals surface area contributed by atoms with Crippen LogP contribution >= 0.6 is 10.5 Å². The molecule has 1 saturated carbocycles. The normalized spacial score (nSPS) is 14.8. The number of ether oxygens (including phenoxy) is 2. The Kier molecular flexibility index (Phi) is 7.34. The van der Waals surface area contributed by atoms with Crippen molar-refractivity contribution in [3.05, 3.63) is 71.8 Å². The van der Waals surface area contributed by atoms with E-state index in [0.29, 0.717) is 0 Å². The summed E-state index contributed by atoms with van der Waals surface area (Å²) in [7, 11) is -0.140. The lowest BCUT2D eigenvalue weighted by Gasteiger charge is -2.27. The van der Waals surface area contributed by atoms with Crippen molar-refractivity contribution in [1.29, 1.82) is 0 Å². The van der Waals surface area contributed by atoms with Crippen molar-refractivity contribution >= 4 is 36.6 Å². The van der Waals surface area contributed by atoms with Crippen molar-refractivity contribution in [2.24, 2.45) is 0 Å². The second kappa shape index (κ2) is 10.1. The quantitative estimate of drug-likeness (QED) is 0.256. The highest BCUT2D eigenvalue weighted by molar-refractivity contribution is 7.50. The van der Waals surface area contributed by atoms with Crippen LogP contribution in [0.2, 0.25) is 0 Å². The van der Waals surface area contributed by atoms with Gasteiger partial charge in [-0.1, -0.05) is 31.2 Å². The fourth-order valence-corrected chi connectivity index (χ4v) is 7.87. The van der Waals surface area contributed by atoms with E-state index in [0.717, 1.165) is 49.0 Å². The summed E-state index contributed by atoms with van der Waals surface area (Å²) in [5, 5.41) is 2.65. The first kappa shape index (κ1) is 24.7. The molecule has 3 aromatic carbocycles. The molecule has 0 saturated heterocycles. The number of aryl methyl sites for hydroxylation is 2. The number of hydrogen-bond acceptors (Lipinski definition) is 3. The number of carbonyl (C=O) groups is 1. The van der Waals surface area contributed by atoms with Crippen LogP contribution in [-0.2, 0) is 9.53 Å². The highest BCUT2D eigenvalue weighted by Crippen LogP contribution is 2.49. The largest absolute Gasteiger partial charge is 1.00 e. The van der Waals surface area contributed by atoms with Gasteiger partial charge in [0.05, 0.1) is 0 Å². The van der Waals surface area contributed by atoms with Crippen LogP contribution in [0.3, 0.4) is 0 Å². The fraction of sp³-hybridized carbons (Fsp3) is 0.345. The fourth-order valence-electron chi connectivity index (χ4n) is 5.31. The molecular formula is C29H31BrO3S. The van der Waals surface area contributed by atoms with Gasteiger partial charge < -0.3 is 26.5 Å². The molecule has 1 aliphatic rings. The van der Waals surface area contributed by atoms with Gasteiger partial charge in [0.15, 0.2) is 20.9 Å². The summed E-state index contributed by atoms with van der Waals surface area (Å²) >= 11 is 0. The minimum Gasteiger partial charge on any atom is -1.00 e. The number of rotatable bonds is 6. The molecule has 1 aromatic heterocycles. The highest BCUT2D eigenvalue weighted by Gasteiger charge is 2.36. The van der Waals surface area contributed by atoms with Crippen LogP contribution in [0.15, 0.2) is 60.7 Å². The lowest BCUT2D eigenvalue weighted by atomic mass is 9.99. The van der Waals surface area contributed by atoms with Gasteiger partial charge in [0.25, 0.3) is 0 Å². The van der Waals surface area contributed by atoms with E-state index in [9.17, 15) is 4.79 Å². The Morgan fingerprint density at radius 3 is 1.97 bits per heavy atom. The molecule has 0 spiro atoms. The zero-order chi connectivity index (χ0) is 23.0. The van der Waals surface area contributed by atoms with E-state index in [1.54, 1.807) is 0 Å². The van der Waals surface area contributed by atoms with Gasteiger partial charge in [0.1, 0.15) is 11.4 Å². The first-order valence-corrected chi connectivity index (χ1v) is 13.1. The van der Waals surface area contributed by atoms with Crippen LogP contribution in [0.5, 0.6) is 5.75 Å². The first-order valence-electron chi connectivity index (χ1n) is 11.9. The third kappa shape index (κ3) is 4.48. The van der Waals surface area contributed by atoms with E-state index in [2.05, 4.69) is 81.4 Å². The number of carbonyl (C=O) groups excluding carboxylic acids is 1. The average molecular weight is 540 g/mol. The molecule has 0 radical (unpaired) electrons. The minimum absolute atomic E-state index is 0. The third-order valence-corrected chi connectivity index (χ3v) is 9.30. The maximum Gasteiger partial charge on any atom is 0.344 e. The smallest absolute Gasteiger partial charge is 0.344 e. The Bertz CT molecular complexity index is 1260. The lowest BCUT2D eigenvalue weighted by Crippen LogP contribution is -3.00. The molecule has 3 nitrogen and oxygen atoms in total. The third-order valence-electron chi connectivity index (χ3n) is 7.00. The van der Waals surface area contributed by atoms with Crippen molar-refractivity contribution in [3.63, 3.8) is 0 Å². The Morgan fingerprint density at radius 1 is 0.912 bits per heavy atom. The molecule has 0 unspecified atom stereocenters. The van der Waals surface area contributed by atoms with E-state index in [4.69, 9.17) is 9.47 Å². The zero-order valence-corrected chi connectivity index (χ0v) is 22.4. The number of halogens is 1. The molecule has 0 amide bonds. The molecule has 0 N–H and O–H groups in total. The van der Waals surface area contributed by atoms with Gasteiger partial charge in [-0.05, 0) is 81.3 Å². The molecule has 34 heavy (non-hydrogen) atoms. The van der Waals surface area contributed by atoms with Crippen molar-refractivity contribution in [2.75, 3.05) is 6.61 Å². The Balaban J connectivity index is 0.00000274. The lowest BCUT2D eigenvalue weighted by molar-refractivity contribution is -0.162. The summed E-state index contributed by atoms with van der Waals surface area (Å²) in [4.78, 5) is 13.8. The van der Waals surface area contributed by atoms with E-state index in [1.165, 1.54) is 25.1 Å². The molecule has 1 aliphatic carbocycles. The summed E-state index contributed by atoms with van der Waals surface area (Å²) < 4.78 is 14.6. The van der Waals surface area contributed by atoms with Gasteiger partial charge in [0, 0.05) is 33.4 Å². The van der Waals surface area contributed by atoms with Crippen LogP contribution in [0.4, 0.5) is 0 Å². The Labute approximate surface area is 214 Å². The summed E-state index contributed by atoms with van der Waals surface area (Å²) in [6.07, 6.45) is 5.07. The van der Waals surface area contributed by atoms with Crippen molar-refractivity contribution in [1.82, 2.24) is 0 Å². The van der Waals surface area contributed by atoms with Crippen LogP contribution in [-0.4, -0.2) is 18.2 Å². The molecule has 4 aromatic rings. The molecule has 1 heterocycles. The van der Waals surface area contributed by atoms with E-state index in [1.807, 2.05) is 0 Å².